The number of carbonyl (C=O) groups excluding carboxylic acids is 3. The van der Waals surface area contributed by atoms with Crippen molar-refractivity contribution in [3.8, 4) is 26.9 Å². The van der Waals surface area contributed by atoms with Crippen molar-refractivity contribution in [3.63, 3.8) is 0 Å². The maximum atomic E-state index is 12.7. The first-order valence-electron chi connectivity index (χ1n) is 12.3. The number of nitrogens with two attached hydrogens (primary N) is 1. The number of nitrogens with one attached hydrogen (secondary N) is 4. The minimum Gasteiger partial charge on any atom is -0.497 e. The highest BCUT2D eigenvalue weighted by atomic mass is 32.1. The topological polar surface area (TPSA) is 164 Å². The molecule has 1 aliphatic rings. The number of urea groups is 2. The lowest BCUT2D eigenvalue weighted by molar-refractivity contribution is 0.102. The molecule has 0 bridgehead atoms. The number of nitrogens with zero attached hydrogens (tertiary/aromatic N) is 3. The average Bonchev–Trinajstić information content (AvgIpc) is 3.69. The van der Waals surface area contributed by atoms with Crippen LogP contribution in [0.15, 0.2) is 53.9 Å². The van der Waals surface area contributed by atoms with E-state index in [0.717, 1.165) is 5.56 Å². The minimum atomic E-state index is -0.437. The van der Waals surface area contributed by atoms with Crippen molar-refractivity contribution in [2.45, 2.75) is 0 Å². The van der Waals surface area contributed by atoms with Crippen LogP contribution in [0.2, 0.25) is 0 Å². The van der Waals surface area contributed by atoms with Crippen LogP contribution in [0.3, 0.4) is 0 Å². The van der Waals surface area contributed by atoms with E-state index in [2.05, 4.69) is 26.3 Å². The van der Waals surface area contributed by atoms with E-state index in [1.54, 1.807) is 42.3 Å². The summed E-state index contributed by atoms with van der Waals surface area (Å²) in [5, 5.41) is 13.9. The van der Waals surface area contributed by atoms with Gasteiger partial charge in [-0.05, 0) is 30.3 Å². The molecule has 1 saturated heterocycles. The second kappa shape index (κ2) is 12.0. The van der Waals surface area contributed by atoms with Crippen LogP contribution < -0.4 is 31.7 Å². The summed E-state index contributed by atoms with van der Waals surface area (Å²) < 4.78 is 5.20. The van der Waals surface area contributed by atoms with Gasteiger partial charge in [0.15, 0.2) is 5.13 Å². The molecule has 4 aromatic rings. The van der Waals surface area contributed by atoms with E-state index in [-0.39, 0.29) is 17.8 Å². The average molecular weight is 579 g/mol. The van der Waals surface area contributed by atoms with Crippen LogP contribution in [0.1, 0.15) is 10.4 Å². The van der Waals surface area contributed by atoms with Crippen LogP contribution in [-0.2, 0) is 0 Å². The van der Waals surface area contributed by atoms with Gasteiger partial charge in [-0.1, -0.05) is 29.5 Å². The monoisotopic (exact) mass is 578 g/mol. The molecule has 5 rings (SSSR count). The summed E-state index contributed by atoms with van der Waals surface area (Å²) >= 11 is 2.62. The van der Waals surface area contributed by atoms with Gasteiger partial charge < -0.3 is 31.3 Å². The number of carbonyl (C=O) groups is 3. The highest BCUT2D eigenvalue weighted by Gasteiger charge is 2.20. The SMILES string of the molecule is COc1cccc(C(=O)Nc2cccc(-c3csc(-c4sc(NC(=O)NCCN5CCNC5=O)nc4N)n3)c2)c1. The van der Waals surface area contributed by atoms with Gasteiger partial charge in [0, 0.05) is 48.4 Å². The highest BCUT2D eigenvalue weighted by Crippen LogP contribution is 2.38. The fourth-order valence-corrected chi connectivity index (χ4v) is 5.75. The number of hydrogen-bond donors (Lipinski definition) is 5. The summed E-state index contributed by atoms with van der Waals surface area (Å²) in [6.07, 6.45) is 0. The summed E-state index contributed by atoms with van der Waals surface area (Å²) in [5.74, 6) is 0.609. The fourth-order valence-electron chi connectivity index (χ4n) is 3.94. The summed E-state index contributed by atoms with van der Waals surface area (Å²) in [5.41, 5.74) is 8.78. The Balaban J connectivity index is 1.21. The lowest BCUT2D eigenvalue weighted by atomic mass is 10.1. The van der Waals surface area contributed by atoms with Gasteiger partial charge in [0.05, 0.1) is 12.8 Å². The zero-order chi connectivity index (χ0) is 28.1. The lowest BCUT2D eigenvalue weighted by Gasteiger charge is -2.14. The van der Waals surface area contributed by atoms with Crippen molar-refractivity contribution in [1.29, 1.82) is 0 Å². The van der Waals surface area contributed by atoms with Gasteiger partial charge >= 0.3 is 12.1 Å². The molecule has 206 valence electrons. The number of benzene rings is 2. The van der Waals surface area contributed by atoms with Crippen molar-refractivity contribution in [2.75, 3.05) is 49.7 Å². The molecule has 3 heterocycles. The van der Waals surface area contributed by atoms with Crippen molar-refractivity contribution < 1.29 is 19.1 Å². The van der Waals surface area contributed by atoms with E-state index in [0.29, 0.717) is 63.9 Å². The van der Waals surface area contributed by atoms with Crippen LogP contribution in [0.4, 0.5) is 26.2 Å². The van der Waals surface area contributed by atoms with E-state index in [1.807, 2.05) is 23.6 Å². The third-order valence-corrected chi connectivity index (χ3v) is 7.92. The van der Waals surface area contributed by atoms with Gasteiger partial charge in [0.1, 0.15) is 21.5 Å². The molecule has 2 aromatic heterocycles. The van der Waals surface area contributed by atoms with E-state index in [1.165, 1.54) is 22.7 Å². The number of aromatic nitrogens is 2. The number of nitrogen functional groups attached to an aromatic ring is 1. The second-order valence-electron chi connectivity index (χ2n) is 8.64. The van der Waals surface area contributed by atoms with Crippen LogP contribution in [0, 0.1) is 0 Å². The molecule has 0 aliphatic carbocycles. The number of amides is 5. The first-order valence-corrected chi connectivity index (χ1v) is 13.9. The number of rotatable bonds is 9. The summed E-state index contributed by atoms with van der Waals surface area (Å²) in [4.78, 5) is 47.8. The van der Waals surface area contributed by atoms with Crippen molar-refractivity contribution in [3.05, 3.63) is 59.5 Å². The Bertz CT molecular complexity index is 1550. The first kappa shape index (κ1) is 26.9. The minimum absolute atomic E-state index is 0.132. The predicted molar refractivity (Wildman–Crippen MR) is 156 cm³/mol. The molecule has 2 aromatic carbocycles. The third kappa shape index (κ3) is 6.30. The molecule has 1 aliphatic heterocycles. The molecule has 0 atom stereocenters. The Morgan fingerprint density at radius 1 is 1.15 bits per heavy atom. The molecule has 1 fully saturated rings. The van der Waals surface area contributed by atoms with Gasteiger partial charge in [-0.2, -0.15) is 0 Å². The molecule has 14 heteroatoms. The Morgan fingerprint density at radius 2 is 2.00 bits per heavy atom. The quantitative estimate of drug-likeness (QED) is 0.201. The Hall–Kier alpha value is -4.69. The molecule has 6 N–H and O–H groups in total. The summed E-state index contributed by atoms with van der Waals surface area (Å²) in [6.45, 7) is 1.95. The number of hydrogen-bond acceptors (Lipinski definition) is 9. The summed E-state index contributed by atoms with van der Waals surface area (Å²) in [7, 11) is 1.55. The normalized spacial score (nSPS) is 12.6. The molecule has 0 radical (unpaired) electrons. The number of methoxy groups -OCH3 is 1. The molecular weight excluding hydrogens is 552 g/mol. The van der Waals surface area contributed by atoms with Crippen molar-refractivity contribution in [1.82, 2.24) is 25.5 Å². The molecule has 12 nitrogen and oxygen atoms in total. The van der Waals surface area contributed by atoms with E-state index in [9.17, 15) is 14.4 Å². The molecule has 0 unspecified atom stereocenters. The van der Waals surface area contributed by atoms with E-state index in [4.69, 9.17) is 15.5 Å². The Labute approximate surface area is 237 Å². The van der Waals surface area contributed by atoms with Crippen LogP contribution in [0.25, 0.3) is 21.1 Å². The van der Waals surface area contributed by atoms with Crippen molar-refractivity contribution in [2.24, 2.45) is 0 Å². The van der Waals surface area contributed by atoms with E-state index >= 15 is 0 Å². The third-order valence-electron chi connectivity index (χ3n) is 5.93. The zero-order valence-electron chi connectivity index (χ0n) is 21.4. The Morgan fingerprint density at radius 3 is 2.80 bits per heavy atom. The first-order chi connectivity index (χ1) is 19.4. The number of thiazole rings is 2. The van der Waals surface area contributed by atoms with Gasteiger partial charge in [0.25, 0.3) is 5.91 Å². The number of anilines is 3. The van der Waals surface area contributed by atoms with Gasteiger partial charge in [-0.15, -0.1) is 11.3 Å². The molecule has 5 amide bonds. The van der Waals surface area contributed by atoms with Crippen LogP contribution >= 0.6 is 22.7 Å². The van der Waals surface area contributed by atoms with Crippen LogP contribution in [0.5, 0.6) is 5.75 Å². The zero-order valence-corrected chi connectivity index (χ0v) is 23.0. The standard InChI is InChI=1S/C26H26N8O4S2/c1-38-18-7-3-5-16(13-18)22(35)30-17-6-2-4-15(12-17)19-14-39-23(31-19)20-21(27)32-25(40-20)33-24(36)28-8-10-34-11-9-29-26(34)37/h2-7,12-14H,8-11,27H2,1H3,(H,29,37)(H,30,35)(H2,28,32,33,36). The van der Waals surface area contributed by atoms with Gasteiger partial charge in [-0.25, -0.2) is 19.6 Å². The van der Waals surface area contributed by atoms with Crippen molar-refractivity contribution >= 4 is 57.3 Å². The van der Waals surface area contributed by atoms with Gasteiger partial charge in [0.2, 0.25) is 0 Å². The largest absolute Gasteiger partial charge is 0.497 e. The van der Waals surface area contributed by atoms with Gasteiger partial charge in [-0.3, -0.25) is 10.1 Å². The fraction of sp³-hybridized carbons (Fsp3) is 0.192. The van der Waals surface area contributed by atoms with Crippen LogP contribution in [-0.4, -0.2) is 66.1 Å². The van der Waals surface area contributed by atoms with E-state index < -0.39 is 6.03 Å². The number of ether oxygens (including phenoxy) is 1. The molecule has 0 saturated carbocycles. The molecule has 40 heavy (non-hydrogen) atoms. The smallest absolute Gasteiger partial charge is 0.321 e. The predicted octanol–water partition coefficient (Wildman–Crippen LogP) is 3.92. The highest BCUT2D eigenvalue weighted by molar-refractivity contribution is 7.23. The lowest BCUT2D eigenvalue weighted by Crippen LogP contribution is -2.38. The maximum absolute atomic E-state index is 12.7. The molecule has 0 spiro atoms. The second-order valence-corrected chi connectivity index (χ2v) is 10.5. The molecular formula is C26H26N8O4S2. The Kier molecular flexibility index (Phi) is 8.07. The summed E-state index contributed by atoms with van der Waals surface area (Å²) in [6, 6.07) is 13.7. The maximum Gasteiger partial charge on any atom is 0.321 e.